The summed E-state index contributed by atoms with van der Waals surface area (Å²) in [5.41, 5.74) is 9.70. The molecule has 0 aliphatic carbocycles. The van der Waals surface area contributed by atoms with Crippen LogP contribution in [-0.4, -0.2) is 24.2 Å². The van der Waals surface area contributed by atoms with E-state index in [9.17, 15) is 18.4 Å². The molecule has 0 spiro atoms. The lowest BCUT2D eigenvalue weighted by molar-refractivity contribution is -0.107. The van der Waals surface area contributed by atoms with Crippen molar-refractivity contribution < 1.29 is 18.4 Å². The standard InChI is InChI=1S/C21H19F2N3O.C8H8O/c1-25-19(10-13-8-16(22)12-17(23)9-13)20-18(6-3-7-26-20)14-4-2-5-15(11-14)21(24)27;9-7-6-8-4-2-1-3-5-8/h2-9,11-12,19,25H,10H2,1H3,(H2,24,27);1-5,7H,6H2. The fourth-order valence-corrected chi connectivity index (χ4v) is 3.79. The summed E-state index contributed by atoms with van der Waals surface area (Å²) in [5.74, 6) is -1.74. The first-order valence-electron chi connectivity index (χ1n) is 11.4. The Bertz CT molecular complexity index is 1290. The maximum Gasteiger partial charge on any atom is 0.248 e. The average Bonchev–Trinajstić information content (AvgIpc) is 2.88. The van der Waals surface area contributed by atoms with Crippen LogP contribution < -0.4 is 11.1 Å². The quantitative estimate of drug-likeness (QED) is 0.341. The highest BCUT2D eigenvalue weighted by Gasteiger charge is 2.18. The Morgan fingerprint density at radius 3 is 2.31 bits per heavy atom. The highest BCUT2D eigenvalue weighted by Crippen LogP contribution is 2.29. The molecule has 3 aromatic carbocycles. The van der Waals surface area contributed by atoms with Crippen LogP contribution in [0.3, 0.4) is 0 Å². The third kappa shape index (κ3) is 7.38. The van der Waals surface area contributed by atoms with Crippen LogP contribution in [0.5, 0.6) is 0 Å². The molecule has 0 aliphatic heterocycles. The van der Waals surface area contributed by atoms with Gasteiger partial charge in [0.2, 0.25) is 5.91 Å². The van der Waals surface area contributed by atoms with Gasteiger partial charge in [-0.15, -0.1) is 0 Å². The Morgan fingerprint density at radius 2 is 1.67 bits per heavy atom. The van der Waals surface area contributed by atoms with E-state index in [1.807, 2.05) is 42.5 Å². The lowest BCUT2D eigenvalue weighted by Crippen LogP contribution is -2.21. The molecule has 0 fully saturated rings. The number of aromatic nitrogens is 1. The van der Waals surface area contributed by atoms with Gasteiger partial charge in [0.25, 0.3) is 0 Å². The number of nitrogens with zero attached hydrogens (tertiary/aromatic N) is 1. The number of amides is 1. The van der Waals surface area contributed by atoms with Crippen molar-refractivity contribution in [2.75, 3.05) is 7.05 Å². The maximum absolute atomic E-state index is 13.5. The lowest BCUT2D eigenvalue weighted by atomic mass is 9.94. The van der Waals surface area contributed by atoms with Crippen LogP contribution in [0.2, 0.25) is 0 Å². The molecule has 3 N–H and O–H groups in total. The molecule has 0 saturated carbocycles. The SMILES string of the molecule is CNC(Cc1cc(F)cc(F)c1)c1ncccc1-c1cccc(C(N)=O)c1.O=CCc1ccccc1. The minimum absolute atomic E-state index is 0.278. The third-order valence-corrected chi connectivity index (χ3v) is 5.50. The van der Waals surface area contributed by atoms with E-state index >= 15 is 0 Å². The molecule has 0 radical (unpaired) electrons. The molecular formula is C29H27F2N3O2. The summed E-state index contributed by atoms with van der Waals surface area (Å²) in [6, 6.07) is 23.5. The van der Waals surface area contributed by atoms with Crippen molar-refractivity contribution in [3.8, 4) is 11.1 Å². The smallest absolute Gasteiger partial charge is 0.248 e. The van der Waals surface area contributed by atoms with E-state index in [0.717, 1.165) is 29.0 Å². The molecule has 5 nitrogen and oxygen atoms in total. The second kappa shape index (κ2) is 13.0. The minimum Gasteiger partial charge on any atom is -0.366 e. The molecule has 1 atom stereocenters. The van der Waals surface area contributed by atoms with Crippen molar-refractivity contribution in [2.24, 2.45) is 5.73 Å². The molecule has 4 aromatic rings. The number of halogens is 2. The van der Waals surface area contributed by atoms with Crippen LogP contribution in [0.4, 0.5) is 8.78 Å². The predicted molar refractivity (Wildman–Crippen MR) is 136 cm³/mol. The molecule has 1 aromatic heterocycles. The molecule has 4 rings (SSSR count). The van der Waals surface area contributed by atoms with E-state index in [4.69, 9.17) is 5.73 Å². The number of aldehydes is 1. The number of carbonyl (C=O) groups excluding carboxylic acids is 2. The Balaban J connectivity index is 0.000000338. The molecule has 0 saturated heterocycles. The van der Waals surface area contributed by atoms with Crippen molar-refractivity contribution in [1.82, 2.24) is 10.3 Å². The van der Waals surface area contributed by atoms with E-state index in [-0.39, 0.29) is 6.04 Å². The van der Waals surface area contributed by atoms with E-state index < -0.39 is 17.5 Å². The van der Waals surface area contributed by atoms with Crippen molar-refractivity contribution in [3.63, 3.8) is 0 Å². The first kappa shape index (κ1) is 26.4. The summed E-state index contributed by atoms with van der Waals surface area (Å²) in [7, 11) is 1.76. The number of hydrogen-bond acceptors (Lipinski definition) is 4. The maximum atomic E-state index is 13.5. The van der Waals surface area contributed by atoms with Crippen molar-refractivity contribution in [3.05, 3.63) is 125 Å². The van der Waals surface area contributed by atoms with Gasteiger partial charge in [-0.1, -0.05) is 48.5 Å². The number of pyridine rings is 1. The Morgan fingerprint density at radius 1 is 0.944 bits per heavy atom. The second-order valence-electron chi connectivity index (χ2n) is 8.06. The number of nitrogens with two attached hydrogens (primary N) is 1. The predicted octanol–water partition coefficient (Wildman–Crippen LogP) is 5.06. The van der Waals surface area contributed by atoms with Crippen molar-refractivity contribution in [2.45, 2.75) is 18.9 Å². The zero-order chi connectivity index (χ0) is 25.9. The Kier molecular flexibility index (Phi) is 9.54. The van der Waals surface area contributed by atoms with Gasteiger partial charge in [0.1, 0.15) is 17.9 Å². The number of carbonyl (C=O) groups is 2. The molecule has 1 unspecified atom stereocenters. The summed E-state index contributed by atoms with van der Waals surface area (Å²) in [6.45, 7) is 0. The van der Waals surface area contributed by atoms with Crippen LogP contribution in [0, 0.1) is 11.6 Å². The lowest BCUT2D eigenvalue weighted by Gasteiger charge is -2.19. The molecular weight excluding hydrogens is 460 g/mol. The summed E-state index contributed by atoms with van der Waals surface area (Å²) >= 11 is 0. The van der Waals surface area contributed by atoms with Crippen molar-refractivity contribution >= 4 is 12.2 Å². The van der Waals surface area contributed by atoms with E-state index in [1.54, 1.807) is 37.5 Å². The van der Waals surface area contributed by atoms with Gasteiger partial charge in [-0.2, -0.15) is 0 Å². The average molecular weight is 488 g/mol. The van der Waals surface area contributed by atoms with Gasteiger partial charge >= 0.3 is 0 Å². The van der Waals surface area contributed by atoms with Gasteiger partial charge < -0.3 is 15.8 Å². The van der Waals surface area contributed by atoms with Gasteiger partial charge in [-0.25, -0.2) is 8.78 Å². The van der Waals surface area contributed by atoms with Crippen molar-refractivity contribution in [1.29, 1.82) is 0 Å². The second-order valence-corrected chi connectivity index (χ2v) is 8.06. The molecule has 1 heterocycles. The summed E-state index contributed by atoms with van der Waals surface area (Å²) in [4.78, 5) is 25.9. The van der Waals surface area contributed by atoms with Crippen LogP contribution >= 0.6 is 0 Å². The highest BCUT2D eigenvalue weighted by atomic mass is 19.1. The fraction of sp³-hybridized carbons (Fsp3) is 0.138. The minimum atomic E-state index is -0.616. The van der Waals surface area contributed by atoms with Gasteiger partial charge in [0.05, 0.1) is 11.7 Å². The van der Waals surface area contributed by atoms with Crippen LogP contribution in [0.25, 0.3) is 11.1 Å². The number of rotatable bonds is 8. The number of likely N-dealkylation sites (N-methyl/N-ethyl adjacent to an activating group) is 1. The molecule has 36 heavy (non-hydrogen) atoms. The normalized spacial score (nSPS) is 11.2. The third-order valence-electron chi connectivity index (χ3n) is 5.50. The topological polar surface area (TPSA) is 85.1 Å². The van der Waals surface area contributed by atoms with Gasteiger partial charge in [-0.05, 0) is 60.5 Å². The van der Waals surface area contributed by atoms with E-state index in [1.165, 1.54) is 12.1 Å². The first-order chi connectivity index (χ1) is 17.4. The first-order valence-corrected chi connectivity index (χ1v) is 11.4. The van der Waals surface area contributed by atoms with E-state index in [0.29, 0.717) is 29.7 Å². The van der Waals surface area contributed by atoms with Crippen LogP contribution in [-0.2, 0) is 17.6 Å². The Labute approximate surface area is 209 Å². The highest BCUT2D eigenvalue weighted by molar-refractivity contribution is 5.94. The molecule has 184 valence electrons. The molecule has 0 bridgehead atoms. The van der Waals surface area contributed by atoms with Gasteiger partial charge in [0, 0.05) is 29.8 Å². The number of benzene rings is 3. The monoisotopic (exact) mass is 487 g/mol. The number of primary amides is 1. The largest absolute Gasteiger partial charge is 0.366 e. The zero-order valence-corrected chi connectivity index (χ0v) is 19.8. The summed E-state index contributed by atoms with van der Waals surface area (Å²) in [6.07, 6.45) is 3.45. The summed E-state index contributed by atoms with van der Waals surface area (Å²) < 4.78 is 27.1. The van der Waals surface area contributed by atoms with Crippen LogP contribution in [0.15, 0.2) is 91.1 Å². The summed E-state index contributed by atoms with van der Waals surface area (Å²) in [5, 5.41) is 3.15. The molecule has 7 heteroatoms. The van der Waals surface area contributed by atoms with Crippen LogP contribution in [0.1, 0.15) is 33.2 Å². The number of hydrogen-bond donors (Lipinski definition) is 2. The van der Waals surface area contributed by atoms with Gasteiger partial charge in [-0.3, -0.25) is 9.78 Å². The molecule has 0 aliphatic rings. The zero-order valence-electron chi connectivity index (χ0n) is 19.8. The number of nitrogens with one attached hydrogen (secondary N) is 1. The van der Waals surface area contributed by atoms with Gasteiger partial charge in [0.15, 0.2) is 0 Å². The van der Waals surface area contributed by atoms with E-state index in [2.05, 4.69) is 10.3 Å². The fourth-order valence-electron chi connectivity index (χ4n) is 3.79. The molecule has 1 amide bonds. The Hall–Kier alpha value is -4.23.